The third-order valence-corrected chi connectivity index (χ3v) is 2.28. The zero-order chi connectivity index (χ0) is 13.8. The molecule has 100 valence electrons. The molecule has 1 aromatic rings. The maximum absolute atomic E-state index is 10.6. The summed E-state index contributed by atoms with van der Waals surface area (Å²) in [5.74, 6) is 0. The first-order valence-corrected chi connectivity index (χ1v) is 6.38. The monoisotopic (exact) mass is 276 g/mol. The van der Waals surface area contributed by atoms with E-state index in [2.05, 4.69) is 0 Å². The Kier molecular flexibility index (Phi) is 4.59. The van der Waals surface area contributed by atoms with Gasteiger partial charge in [0.2, 0.25) is 0 Å². The minimum Gasteiger partial charge on any atom is -0.264 e. The van der Waals surface area contributed by atoms with Crippen LogP contribution in [0.2, 0.25) is 0 Å². The van der Waals surface area contributed by atoms with E-state index in [1.54, 1.807) is 6.07 Å². The summed E-state index contributed by atoms with van der Waals surface area (Å²) in [6.45, 7) is 0.518. The van der Waals surface area contributed by atoms with Crippen molar-refractivity contribution in [1.82, 2.24) is 0 Å². The molecule has 1 aliphatic heterocycles. The molecule has 8 nitrogen and oxygen atoms in total. The van der Waals surface area contributed by atoms with Gasteiger partial charge in [-0.05, 0) is 24.5 Å². The van der Waals surface area contributed by atoms with Gasteiger partial charge in [0, 0.05) is 0 Å². The molecule has 0 atom stereocenters. The number of aryl methyl sites for hydroxylation is 1. The van der Waals surface area contributed by atoms with Crippen LogP contribution < -0.4 is 5.01 Å². The van der Waals surface area contributed by atoms with E-state index in [1.165, 1.54) is 5.01 Å². The van der Waals surface area contributed by atoms with Gasteiger partial charge in [-0.15, -0.1) is 0 Å². The van der Waals surface area contributed by atoms with Gasteiger partial charge in [0.15, 0.2) is 5.03 Å². The molecular weight excluding hydrogens is 264 g/mol. The first-order chi connectivity index (χ1) is 8.29. The summed E-state index contributed by atoms with van der Waals surface area (Å²) in [5.41, 5.74) is 1.82. The number of benzene rings is 1. The van der Waals surface area contributed by atoms with Crippen LogP contribution in [0.25, 0.3) is 0 Å². The number of nitrogens with zero attached hydrogens (tertiary/aromatic N) is 2. The second-order valence-electron chi connectivity index (χ2n) is 3.54. The molecule has 0 aromatic heterocycles. The standard InChI is InChI=1S/C9H10N2O2.H2O4S/c12-11(13)10-7-3-5-8-4-1-2-6-9(8)10;1-5(2,3)4/h1-2,4,6H,3,5,7H2;(H2,1,2,3,4). The molecule has 0 fully saturated rings. The first-order valence-electron chi connectivity index (χ1n) is 4.98. The maximum Gasteiger partial charge on any atom is 0.394 e. The lowest BCUT2D eigenvalue weighted by Gasteiger charge is -2.21. The lowest BCUT2D eigenvalue weighted by molar-refractivity contribution is -0.495. The molecule has 2 N–H and O–H groups in total. The number of hydrogen-bond donors (Lipinski definition) is 2. The van der Waals surface area contributed by atoms with E-state index in [9.17, 15) is 10.1 Å². The van der Waals surface area contributed by atoms with E-state index in [0.717, 1.165) is 24.1 Å². The van der Waals surface area contributed by atoms with Crippen LogP contribution in [0.5, 0.6) is 0 Å². The third kappa shape index (κ3) is 4.65. The zero-order valence-electron chi connectivity index (χ0n) is 9.26. The molecule has 18 heavy (non-hydrogen) atoms. The summed E-state index contributed by atoms with van der Waals surface area (Å²) in [5, 5.41) is 11.5. The Hall–Kier alpha value is -1.71. The highest BCUT2D eigenvalue weighted by molar-refractivity contribution is 7.79. The van der Waals surface area contributed by atoms with E-state index in [4.69, 9.17) is 17.5 Å². The summed E-state index contributed by atoms with van der Waals surface area (Å²) in [4.78, 5) is 10.6. The first kappa shape index (κ1) is 14.4. The summed E-state index contributed by atoms with van der Waals surface area (Å²) < 4.78 is 31.6. The summed E-state index contributed by atoms with van der Waals surface area (Å²) >= 11 is 0. The number of para-hydroxylation sites is 1. The number of hydrazine groups is 1. The normalized spacial score (nSPS) is 14.2. The molecule has 0 spiro atoms. The number of nitro groups is 1. The Morgan fingerprint density at radius 3 is 2.39 bits per heavy atom. The van der Waals surface area contributed by atoms with Crippen molar-refractivity contribution in [2.75, 3.05) is 11.6 Å². The van der Waals surface area contributed by atoms with Gasteiger partial charge in [0.05, 0.1) is 6.54 Å². The van der Waals surface area contributed by atoms with Crippen LogP contribution in [0.4, 0.5) is 5.69 Å². The Morgan fingerprint density at radius 1 is 1.28 bits per heavy atom. The minimum absolute atomic E-state index is 0.335. The van der Waals surface area contributed by atoms with Gasteiger partial charge >= 0.3 is 10.4 Å². The van der Waals surface area contributed by atoms with Crippen molar-refractivity contribution in [2.45, 2.75) is 12.8 Å². The van der Waals surface area contributed by atoms with Gasteiger partial charge in [-0.1, -0.05) is 23.2 Å². The second-order valence-corrected chi connectivity index (χ2v) is 4.44. The molecule has 0 bridgehead atoms. The van der Waals surface area contributed by atoms with Gasteiger partial charge < -0.3 is 0 Å². The van der Waals surface area contributed by atoms with E-state index in [1.807, 2.05) is 18.2 Å². The molecular formula is C9H12N2O6S. The van der Waals surface area contributed by atoms with Crippen LogP contribution in [0.3, 0.4) is 0 Å². The van der Waals surface area contributed by atoms with Crippen molar-refractivity contribution in [1.29, 1.82) is 0 Å². The highest BCUT2D eigenvalue weighted by atomic mass is 32.3. The summed E-state index contributed by atoms with van der Waals surface area (Å²) in [6, 6.07) is 7.51. The van der Waals surface area contributed by atoms with Crippen LogP contribution in [-0.2, 0) is 16.8 Å². The van der Waals surface area contributed by atoms with E-state index in [-0.39, 0.29) is 5.03 Å². The molecule has 9 heteroatoms. The molecule has 0 amide bonds. The Bertz CT molecular complexity index is 522. The lowest BCUT2D eigenvalue weighted by Crippen LogP contribution is -2.34. The van der Waals surface area contributed by atoms with Crippen LogP contribution in [0.1, 0.15) is 12.0 Å². The smallest absolute Gasteiger partial charge is 0.264 e. The second kappa shape index (κ2) is 5.76. The number of hydrogen-bond acceptors (Lipinski definition) is 4. The Labute approximate surface area is 104 Å². The van der Waals surface area contributed by atoms with Crippen molar-refractivity contribution >= 4 is 16.1 Å². The molecule has 0 radical (unpaired) electrons. The predicted molar refractivity (Wildman–Crippen MR) is 63.3 cm³/mol. The number of fused-ring (bicyclic) bond motifs is 1. The Balaban J connectivity index is 0.000000280. The molecule has 1 aromatic carbocycles. The SMILES string of the molecule is O=S(=O)(O)O.O=[N+]([O-])N1CCCc2ccccc21. The van der Waals surface area contributed by atoms with E-state index >= 15 is 0 Å². The van der Waals surface area contributed by atoms with Crippen molar-refractivity contribution < 1.29 is 22.6 Å². The largest absolute Gasteiger partial charge is 0.394 e. The highest BCUT2D eigenvalue weighted by Gasteiger charge is 2.23. The molecule has 1 heterocycles. The third-order valence-electron chi connectivity index (χ3n) is 2.28. The predicted octanol–water partition coefficient (Wildman–Crippen LogP) is 0.978. The summed E-state index contributed by atoms with van der Waals surface area (Å²) in [6.07, 6.45) is 1.80. The van der Waals surface area contributed by atoms with Crippen LogP contribution in [-0.4, -0.2) is 29.1 Å². The quantitative estimate of drug-likeness (QED) is 0.445. The van der Waals surface area contributed by atoms with Crippen molar-refractivity contribution in [3.63, 3.8) is 0 Å². The van der Waals surface area contributed by atoms with Gasteiger partial charge in [-0.25, -0.2) is 10.1 Å². The average molecular weight is 276 g/mol. The van der Waals surface area contributed by atoms with E-state index < -0.39 is 10.4 Å². The minimum atomic E-state index is -4.67. The van der Waals surface area contributed by atoms with Gasteiger partial charge in [0.25, 0.3) is 0 Å². The molecule has 0 unspecified atom stereocenters. The fourth-order valence-electron chi connectivity index (χ4n) is 1.68. The molecule has 0 saturated heterocycles. The maximum atomic E-state index is 10.6. The Morgan fingerprint density at radius 2 is 1.83 bits per heavy atom. The van der Waals surface area contributed by atoms with Crippen LogP contribution >= 0.6 is 0 Å². The number of rotatable bonds is 1. The molecule has 0 saturated carbocycles. The highest BCUT2D eigenvalue weighted by Crippen LogP contribution is 2.26. The van der Waals surface area contributed by atoms with Crippen molar-refractivity contribution in [3.05, 3.63) is 39.9 Å². The molecule has 1 aliphatic rings. The van der Waals surface area contributed by atoms with Crippen molar-refractivity contribution in [2.24, 2.45) is 0 Å². The van der Waals surface area contributed by atoms with Crippen LogP contribution in [0.15, 0.2) is 24.3 Å². The molecule has 2 rings (SSSR count). The van der Waals surface area contributed by atoms with Crippen molar-refractivity contribution in [3.8, 4) is 0 Å². The van der Waals surface area contributed by atoms with Gasteiger partial charge in [-0.3, -0.25) is 9.11 Å². The topological polar surface area (TPSA) is 121 Å². The van der Waals surface area contributed by atoms with E-state index in [0.29, 0.717) is 6.54 Å². The fraction of sp³-hybridized carbons (Fsp3) is 0.333. The lowest BCUT2D eigenvalue weighted by atomic mass is 10.0. The van der Waals surface area contributed by atoms with Crippen LogP contribution in [0, 0.1) is 10.1 Å². The van der Waals surface area contributed by atoms with Gasteiger partial charge in [0.1, 0.15) is 5.69 Å². The average Bonchev–Trinajstić information content (AvgIpc) is 2.26. The molecule has 0 aliphatic carbocycles. The number of anilines is 1. The summed E-state index contributed by atoms with van der Waals surface area (Å²) in [7, 11) is -4.67. The van der Waals surface area contributed by atoms with Gasteiger partial charge in [-0.2, -0.15) is 8.42 Å². The zero-order valence-corrected chi connectivity index (χ0v) is 10.1. The fourth-order valence-corrected chi connectivity index (χ4v) is 1.68.